The predicted octanol–water partition coefficient (Wildman–Crippen LogP) is 4.18. The number of hydrogen-bond acceptors (Lipinski definition) is 7. The average molecular weight is 517 g/mol. The predicted molar refractivity (Wildman–Crippen MR) is 143 cm³/mol. The summed E-state index contributed by atoms with van der Waals surface area (Å²) < 4.78 is 13.9. The molecule has 1 aliphatic rings. The van der Waals surface area contributed by atoms with Crippen molar-refractivity contribution in [2.75, 3.05) is 20.6 Å². The maximum Gasteiger partial charge on any atom is 0.410 e. The van der Waals surface area contributed by atoms with Gasteiger partial charge in [0, 0.05) is 45.1 Å². The van der Waals surface area contributed by atoms with Gasteiger partial charge < -0.3 is 14.4 Å². The first-order chi connectivity index (χ1) is 18.1. The molecule has 5 rings (SSSR count). The number of benzene rings is 1. The Kier molecular flexibility index (Phi) is 6.64. The average Bonchev–Trinajstić information content (AvgIpc) is 3.31. The van der Waals surface area contributed by atoms with Crippen molar-refractivity contribution in [2.24, 2.45) is 0 Å². The molecule has 2 atom stereocenters. The number of hydrogen-bond donors (Lipinski definition) is 0. The number of rotatable bonds is 4. The topological polar surface area (TPSA) is 102 Å². The zero-order valence-corrected chi connectivity index (χ0v) is 22.3. The fourth-order valence-corrected chi connectivity index (χ4v) is 4.65. The molecule has 198 valence electrons. The third kappa shape index (κ3) is 5.11. The highest BCUT2D eigenvalue weighted by Gasteiger charge is 2.40. The zero-order chi connectivity index (χ0) is 27.0. The molecule has 0 unspecified atom stereocenters. The minimum absolute atomic E-state index is 0.166. The molecule has 0 N–H and O–H groups in total. The number of piperidine rings is 1. The Hall–Kier alpha value is -4.21. The van der Waals surface area contributed by atoms with Crippen LogP contribution >= 0.6 is 0 Å². The van der Waals surface area contributed by atoms with E-state index in [-0.39, 0.29) is 12.0 Å². The van der Waals surface area contributed by atoms with Gasteiger partial charge in [-0.1, -0.05) is 24.3 Å². The molecule has 4 aromatic rings. The van der Waals surface area contributed by atoms with E-state index in [0.717, 1.165) is 11.0 Å². The lowest BCUT2D eigenvalue weighted by molar-refractivity contribution is -0.137. The number of carbonyl (C=O) groups is 2. The third-order valence-electron chi connectivity index (χ3n) is 6.43. The van der Waals surface area contributed by atoms with Crippen molar-refractivity contribution in [3.63, 3.8) is 0 Å². The summed E-state index contributed by atoms with van der Waals surface area (Å²) in [5.74, 6) is 1.09. The molecule has 2 amide bonds. The molecule has 1 aliphatic heterocycles. The Morgan fingerprint density at radius 1 is 1.03 bits per heavy atom. The van der Waals surface area contributed by atoms with Gasteiger partial charge in [0.25, 0.3) is 0 Å². The highest BCUT2D eigenvalue weighted by molar-refractivity contribution is 5.87. The lowest BCUT2D eigenvalue weighted by Gasteiger charge is -2.39. The van der Waals surface area contributed by atoms with Crippen LogP contribution in [0.1, 0.15) is 33.6 Å². The van der Waals surface area contributed by atoms with Crippen LogP contribution in [0.2, 0.25) is 0 Å². The highest BCUT2D eigenvalue weighted by atomic mass is 16.6. The summed E-state index contributed by atoms with van der Waals surface area (Å²) in [7, 11) is 3.37. The summed E-state index contributed by atoms with van der Waals surface area (Å²) in [4.78, 5) is 33.9. The molecule has 10 heteroatoms. The van der Waals surface area contributed by atoms with Crippen LogP contribution in [0.15, 0.2) is 54.7 Å². The molecule has 1 fully saturated rings. The Morgan fingerprint density at radius 2 is 1.84 bits per heavy atom. The van der Waals surface area contributed by atoms with Crippen molar-refractivity contribution in [2.45, 2.75) is 51.4 Å². The Balaban J connectivity index is 1.42. The SMILES string of the molecule is CN(C)C(=O)[C@@H]1C[C@@H](Oc2cccc3ccc(-c4nnc5ccccn45)nc23)CCN1C(=O)OC(C)(C)C. The quantitative estimate of drug-likeness (QED) is 0.401. The van der Waals surface area contributed by atoms with Crippen LogP contribution in [0.25, 0.3) is 28.1 Å². The molecule has 0 aliphatic carbocycles. The number of fused-ring (bicyclic) bond motifs is 2. The number of carbonyl (C=O) groups excluding carboxylic acids is 2. The van der Waals surface area contributed by atoms with Crippen molar-refractivity contribution in [1.29, 1.82) is 0 Å². The lowest BCUT2D eigenvalue weighted by atomic mass is 9.98. The first kappa shape index (κ1) is 25.4. The minimum Gasteiger partial charge on any atom is -0.488 e. The molecule has 0 bridgehead atoms. The van der Waals surface area contributed by atoms with Crippen LogP contribution < -0.4 is 4.74 Å². The molecule has 0 spiro atoms. The molecule has 0 saturated carbocycles. The number of likely N-dealkylation sites (N-methyl/N-ethyl adjacent to an activating group) is 1. The summed E-state index contributed by atoms with van der Waals surface area (Å²) in [5.41, 5.74) is 1.45. The first-order valence-corrected chi connectivity index (χ1v) is 12.7. The van der Waals surface area contributed by atoms with Crippen molar-refractivity contribution in [3.05, 3.63) is 54.7 Å². The molecular weight excluding hydrogens is 484 g/mol. The molecular formula is C28H32N6O4. The van der Waals surface area contributed by atoms with Crippen LogP contribution in [0.3, 0.4) is 0 Å². The zero-order valence-electron chi connectivity index (χ0n) is 22.3. The number of aromatic nitrogens is 4. The standard InChI is InChI=1S/C28H32N6O4/c1-28(2,3)38-27(36)33-16-14-19(17-21(33)26(35)32(4)5)37-22-10-8-9-18-12-13-20(29-24(18)22)25-31-30-23-11-6-7-15-34(23)25/h6-13,15,19,21H,14,16-17H2,1-5H3/t19-,21-/m0/s1. The first-order valence-electron chi connectivity index (χ1n) is 12.7. The number of likely N-dealkylation sites (tertiary alicyclic amines) is 1. The van der Waals surface area contributed by atoms with Crippen LogP contribution in [0, 0.1) is 0 Å². The van der Waals surface area contributed by atoms with Gasteiger partial charge in [0.2, 0.25) is 5.91 Å². The second-order valence-corrected chi connectivity index (χ2v) is 10.7. The highest BCUT2D eigenvalue weighted by Crippen LogP contribution is 2.31. The van der Waals surface area contributed by atoms with Crippen molar-refractivity contribution < 1.29 is 19.1 Å². The van der Waals surface area contributed by atoms with E-state index in [1.165, 1.54) is 9.80 Å². The Morgan fingerprint density at radius 3 is 2.61 bits per heavy atom. The minimum atomic E-state index is -0.681. The number of pyridine rings is 2. The number of amides is 2. The van der Waals surface area contributed by atoms with Gasteiger partial charge >= 0.3 is 6.09 Å². The molecule has 10 nitrogen and oxygen atoms in total. The van der Waals surface area contributed by atoms with Gasteiger partial charge in [-0.2, -0.15) is 0 Å². The van der Waals surface area contributed by atoms with E-state index in [9.17, 15) is 9.59 Å². The maximum absolute atomic E-state index is 13.1. The van der Waals surface area contributed by atoms with Gasteiger partial charge in [0.1, 0.15) is 34.7 Å². The van der Waals surface area contributed by atoms with Crippen molar-refractivity contribution in [1.82, 2.24) is 29.4 Å². The molecule has 1 aromatic carbocycles. The lowest BCUT2D eigenvalue weighted by Crippen LogP contribution is -2.56. The van der Waals surface area contributed by atoms with E-state index in [1.54, 1.807) is 14.1 Å². The molecule has 1 saturated heterocycles. The van der Waals surface area contributed by atoms with Crippen LogP contribution in [-0.2, 0) is 9.53 Å². The van der Waals surface area contributed by atoms with E-state index < -0.39 is 17.7 Å². The fraction of sp³-hybridized carbons (Fsp3) is 0.393. The van der Waals surface area contributed by atoms with Gasteiger partial charge in [-0.15, -0.1) is 10.2 Å². The number of ether oxygens (including phenoxy) is 2. The van der Waals surface area contributed by atoms with Crippen LogP contribution in [-0.4, -0.2) is 79.8 Å². The van der Waals surface area contributed by atoms with Gasteiger partial charge in [0.15, 0.2) is 11.5 Å². The van der Waals surface area contributed by atoms with Gasteiger partial charge in [0.05, 0.1) is 0 Å². The molecule has 0 radical (unpaired) electrons. The van der Waals surface area contributed by atoms with Crippen LogP contribution in [0.4, 0.5) is 4.79 Å². The van der Waals surface area contributed by atoms with Gasteiger partial charge in [-0.25, -0.2) is 9.78 Å². The summed E-state index contributed by atoms with van der Waals surface area (Å²) >= 11 is 0. The number of para-hydroxylation sites is 1. The van der Waals surface area contributed by atoms with E-state index in [1.807, 2.05) is 79.9 Å². The molecule has 4 heterocycles. The van der Waals surface area contributed by atoms with Gasteiger partial charge in [-0.3, -0.25) is 14.1 Å². The fourth-order valence-electron chi connectivity index (χ4n) is 4.65. The Bertz CT molecular complexity index is 1490. The summed E-state index contributed by atoms with van der Waals surface area (Å²) in [6, 6.07) is 14.7. The van der Waals surface area contributed by atoms with Crippen molar-refractivity contribution >= 4 is 28.6 Å². The smallest absolute Gasteiger partial charge is 0.410 e. The summed E-state index contributed by atoms with van der Waals surface area (Å²) in [5, 5.41) is 9.49. The van der Waals surface area contributed by atoms with Gasteiger partial charge in [-0.05, 0) is 45.0 Å². The Labute approximate surface area is 221 Å². The molecule has 3 aromatic heterocycles. The third-order valence-corrected chi connectivity index (χ3v) is 6.43. The van der Waals surface area contributed by atoms with Crippen LogP contribution in [0.5, 0.6) is 5.75 Å². The second kappa shape index (κ2) is 9.92. The largest absolute Gasteiger partial charge is 0.488 e. The normalized spacial score (nSPS) is 18.0. The maximum atomic E-state index is 13.1. The van der Waals surface area contributed by atoms with E-state index >= 15 is 0 Å². The van der Waals surface area contributed by atoms with E-state index in [2.05, 4.69) is 10.2 Å². The van der Waals surface area contributed by atoms with E-state index in [4.69, 9.17) is 14.5 Å². The summed E-state index contributed by atoms with van der Waals surface area (Å²) in [6.45, 7) is 5.79. The summed E-state index contributed by atoms with van der Waals surface area (Å²) in [6.07, 6.45) is 2.03. The van der Waals surface area contributed by atoms with E-state index in [0.29, 0.717) is 42.2 Å². The monoisotopic (exact) mass is 516 g/mol. The van der Waals surface area contributed by atoms with Crippen molar-refractivity contribution in [3.8, 4) is 17.3 Å². The second-order valence-electron chi connectivity index (χ2n) is 10.7. The molecule has 38 heavy (non-hydrogen) atoms. The number of nitrogens with zero attached hydrogens (tertiary/aromatic N) is 6.